The Morgan fingerprint density at radius 2 is 1.50 bits per heavy atom. The van der Waals surface area contributed by atoms with E-state index in [-0.39, 0.29) is 18.4 Å². The number of phenols is 1. The predicted octanol–water partition coefficient (Wildman–Crippen LogP) is 7.17. The number of hydrogen-bond acceptors (Lipinski definition) is 5. The minimum Gasteiger partial charge on any atom is -0.508 e. The van der Waals surface area contributed by atoms with E-state index in [2.05, 4.69) is 19.7 Å². The van der Waals surface area contributed by atoms with Crippen LogP contribution in [0.15, 0.2) is 74.3 Å². The molecule has 5 nitrogen and oxygen atoms in total. The van der Waals surface area contributed by atoms with Crippen LogP contribution >= 0.6 is 0 Å². The minimum absolute atomic E-state index is 0.161. The lowest BCUT2D eigenvalue weighted by Crippen LogP contribution is -2.19. The van der Waals surface area contributed by atoms with Crippen molar-refractivity contribution in [2.24, 2.45) is 0 Å². The highest BCUT2D eigenvalue weighted by Gasteiger charge is 2.15. The first-order valence-corrected chi connectivity index (χ1v) is 11.7. The zero-order chi connectivity index (χ0) is 25.2. The average molecular weight is 467 g/mol. The molecule has 0 aromatic heterocycles. The summed E-state index contributed by atoms with van der Waals surface area (Å²) in [4.78, 5) is 10.7. The number of ether oxygens (including phenoxy) is 3. The van der Waals surface area contributed by atoms with Crippen molar-refractivity contribution in [1.29, 1.82) is 0 Å². The number of phenolic OH excluding ortho intramolecular Hbond substituents is 1. The Bertz CT molecular complexity index is 849. The topological polar surface area (TPSA) is 65.0 Å². The summed E-state index contributed by atoms with van der Waals surface area (Å²) in [5.41, 5.74) is 2.11. The number of benzene rings is 2. The van der Waals surface area contributed by atoms with Gasteiger partial charge in [0, 0.05) is 12.7 Å². The standard InChI is InChI=1S/C12H16O2.C9H14O2.C8H8O/c1-4-11-6-8-12(9-7-11)14-10(3)13-5-2;1-2-9(10)11-8-6-4-3-5-7-8;1-2-7-3-5-8(9)6-4-7/h4,6-10H,1,5H2,2-3H3;2,8H,1,3-7H2;2-6,9H,1H2. The quantitative estimate of drug-likeness (QED) is 0.254. The van der Waals surface area contributed by atoms with Crippen molar-refractivity contribution in [3.8, 4) is 11.5 Å². The average Bonchev–Trinajstić information content (AvgIpc) is 2.86. The van der Waals surface area contributed by atoms with Crippen molar-refractivity contribution in [2.75, 3.05) is 6.61 Å². The van der Waals surface area contributed by atoms with Crippen LogP contribution in [-0.4, -0.2) is 30.1 Å². The SMILES string of the molecule is C=CC(=O)OC1CCCCC1.C=Cc1ccc(O)cc1.C=Cc1ccc(OC(C)OCC)cc1. The molecule has 0 spiro atoms. The summed E-state index contributed by atoms with van der Waals surface area (Å²) in [6.45, 7) is 15.1. The Balaban J connectivity index is 0.000000262. The summed E-state index contributed by atoms with van der Waals surface area (Å²) in [7, 11) is 0. The molecule has 2 aromatic carbocycles. The molecule has 2 aromatic rings. The molecule has 0 bridgehead atoms. The molecule has 184 valence electrons. The van der Waals surface area contributed by atoms with Gasteiger partial charge in [-0.25, -0.2) is 4.79 Å². The molecule has 1 aliphatic carbocycles. The van der Waals surface area contributed by atoms with E-state index in [0.717, 1.165) is 29.7 Å². The van der Waals surface area contributed by atoms with Crippen LogP contribution in [0.3, 0.4) is 0 Å². The summed E-state index contributed by atoms with van der Waals surface area (Å²) >= 11 is 0. The number of rotatable bonds is 8. The van der Waals surface area contributed by atoms with E-state index in [4.69, 9.17) is 19.3 Å². The van der Waals surface area contributed by atoms with Crippen molar-refractivity contribution in [3.63, 3.8) is 0 Å². The first-order valence-electron chi connectivity index (χ1n) is 11.7. The molecule has 1 aliphatic rings. The van der Waals surface area contributed by atoms with Crippen molar-refractivity contribution >= 4 is 18.1 Å². The zero-order valence-corrected chi connectivity index (χ0v) is 20.4. The Hall–Kier alpha value is -3.31. The molecule has 1 fully saturated rings. The lowest BCUT2D eigenvalue weighted by atomic mass is 9.98. The maximum absolute atomic E-state index is 10.7. The van der Waals surface area contributed by atoms with Crippen LogP contribution in [0.4, 0.5) is 0 Å². The van der Waals surface area contributed by atoms with Gasteiger partial charge in [-0.15, -0.1) is 0 Å². The summed E-state index contributed by atoms with van der Waals surface area (Å²) < 4.78 is 15.8. The fourth-order valence-electron chi connectivity index (χ4n) is 3.15. The molecule has 1 unspecified atom stereocenters. The monoisotopic (exact) mass is 466 g/mol. The summed E-state index contributed by atoms with van der Waals surface area (Å²) in [6, 6.07) is 14.6. The van der Waals surface area contributed by atoms with Gasteiger partial charge < -0.3 is 19.3 Å². The first-order chi connectivity index (χ1) is 16.4. The Morgan fingerprint density at radius 1 is 0.971 bits per heavy atom. The molecule has 0 aliphatic heterocycles. The van der Waals surface area contributed by atoms with Gasteiger partial charge in [0.1, 0.15) is 17.6 Å². The zero-order valence-electron chi connectivity index (χ0n) is 20.4. The van der Waals surface area contributed by atoms with Gasteiger partial charge in [0.15, 0.2) is 6.29 Å². The van der Waals surface area contributed by atoms with Crippen LogP contribution in [0.1, 0.15) is 57.1 Å². The molecule has 0 amide bonds. The van der Waals surface area contributed by atoms with Crippen LogP contribution in [0.2, 0.25) is 0 Å². The fourth-order valence-corrected chi connectivity index (χ4v) is 3.15. The highest BCUT2D eigenvalue weighted by atomic mass is 16.7. The van der Waals surface area contributed by atoms with Crippen LogP contribution in [0.5, 0.6) is 11.5 Å². The summed E-state index contributed by atoms with van der Waals surface area (Å²) in [6.07, 6.45) is 10.4. The largest absolute Gasteiger partial charge is 0.508 e. The smallest absolute Gasteiger partial charge is 0.330 e. The third kappa shape index (κ3) is 12.7. The fraction of sp³-hybridized carbons (Fsp3) is 0.345. The van der Waals surface area contributed by atoms with Crippen LogP contribution in [0.25, 0.3) is 12.2 Å². The number of hydrogen-bond donors (Lipinski definition) is 1. The molecule has 1 saturated carbocycles. The van der Waals surface area contributed by atoms with Crippen molar-refractivity contribution in [2.45, 2.75) is 58.3 Å². The van der Waals surface area contributed by atoms with Crippen LogP contribution in [0, 0.1) is 0 Å². The van der Waals surface area contributed by atoms with Crippen LogP contribution < -0.4 is 4.74 Å². The first kappa shape index (κ1) is 28.7. The van der Waals surface area contributed by atoms with Gasteiger partial charge in [-0.05, 0) is 74.9 Å². The van der Waals surface area contributed by atoms with Gasteiger partial charge in [0.25, 0.3) is 0 Å². The van der Waals surface area contributed by atoms with Crippen molar-refractivity contribution < 1.29 is 24.1 Å². The molecule has 1 atom stereocenters. The third-order valence-corrected chi connectivity index (χ3v) is 4.95. The van der Waals surface area contributed by atoms with Crippen LogP contribution in [-0.2, 0) is 14.3 Å². The normalized spacial score (nSPS) is 13.6. The van der Waals surface area contributed by atoms with Gasteiger partial charge in [-0.3, -0.25) is 0 Å². The number of carbonyl (C=O) groups is 1. The van der Waals surface area contributed by atoms with Gasteiger partial charge in [0.05, 0.1) is 0 Å². The second-order valence-electron chi connectivity index (χ2n) is 7.61. The molecular weight excluding hydrogens is 428 g/mol. The second kappa shape index (κ2) is 17.2. The minimum atomic E-state index is -0.281. The predicted molar refractivity (Wildman–Crippen MR) is 140 cm³/mol. The van der Waals surface area contributed by atoms with Crippen molar-refractivity contribution in [1.82, 2.24) is 0 Å². The Morgan fingerprint density at radius 3 is 1.97 bits per heavy atom. The Labute approximate surface area is 204 Å². The highest BCUT2D eigenvalue weighted by Crippen LogP contribution is 2.20. The molecule has 34 heavy (non-hydrogen) atoms. The maximum atomic E-state index is 10.7. The molecule has 0 saturated heterocycles. The molecule has 1 N–H and O–H groups in total. The number of aromatic hydroxyl groups is 1. The molecule has 0 radical (unpaired) electrons. The number of carbonyl (C=O) groups excluding carboxylic acids is 1. The maximum Gasteiger partial charge on any atom is 0.330 e. The highest BCUT2D eigenvalue weighted by molar-refractivity contribution is 5.81. The number of esters is 1. The van der Waals surface area contributed by atoms with E-state index in [1.807, 2.05) is 50.2 Å². The van der Waals surface area contributed by atoms with E-state index in [0.29, 0.717) is 12.4 Å². The lowest BCUT2D eigenvalue weighted by Gasteiger charge is -2.20. The van der Waals surface area contributed by atoms with Gasteiger partial charge >= 0.3 is 5.97 Å². The molecule has 5 heteroatoms. The lowest BCUT2D eigenvalue weighted by molar-refractivity contribution is -0.144. The van der Waals surface area contributed by atoms with E-state index < -0.39 is 0 Å². The van der Waals surface area contributed by atoms with Gasteiger partial charge in [-0.2, -0.15) is 0 Å². The summed E-state index contributed by atoms with van der Waals surface area (Å²) in [5.74, 6) is 0.828. The van der Waals surface area contributed by atoms with E-state index in [9.17, 15) is 4.79 Å². The van der Waals surface area contributed by atoms with E-state index in [1.165, 1.54) is 25.3 Å². The van der Waals surface area contributed by atoms with E-state index >= 15 is 0 Å². The van der Waals surface area contributed by atoms with E-state index in [1.54, 1.807) is 24.3 Å². The third-order valence-electron chi connectivity index (χ3n) is 4.95. The molecule has 3 rings (SSSR count). The van der Waals surface area contributed by atoms with Gasteiger partial charge in [-0.1, -0.05) is 62.6 Å². The second-order valence-corrected chi connectivity index (χ2v) is 7.61. The summed E-state index contributed by atoms with van der Waals surface area (Å²) in [5, 5.41) is 8.82. The Kier molecular flexibility index (Phi) is 14.5. The van der Waals surface area contributed by atoms with Gasteiger partial charge in [0.2, 0.25) is 0 Å². The molecule has 0 heterocycles. The molecular formula is C29H38O5. The van der Waals surface area contributed by atoms with Crippen molar-refractivity contribution in [3.05, 3.63) is 85.5 Å².